The lowest BCUT2D eigenvalue weighted by atomic mass is 10.1. The zero-order valence-corrected chi connectivity index (χ0v) is 17.3. The van der Waals surface area contributed by atoms with E-state index in [1.165, 1.54) is 19.3 Å². The molecule has 2 N–H and O–H groups in total. The van der Waals surface area contributed by atoms with Crippen molar-refractivity contribution in [3.63, 3.8) is 0 Å². The number of guanidine groups is 1. The number of carbonyl (C=O) groups excluding carboxylic acids is 1. The number of hydrogen-bond acceptors (Lipinski definition) is 2. The van der Waals surface area contributed by atoms with Gasteiger partial charge in [-0.2, -0.15) is 0 Å². The molecule has 1 aromatic carbocycles. The molecule has 5 nitrogen and oxygen atoms in total. The molecule has 0 spiro atoms. The number of aliphatic imine (C=N–C) groups is 1. The minimum Gasteiger partial charge on any atom is -0.356 e. The highest BCUT2D eigenvalue weighted by Crippen LogP contribution is 2.14. The second-order valence-electron chi connectivity index (χ2n) is 7.80. The lowest BCUT2D eigenvalue weighted by molar-refractivity contribution is 0.0724. The zero-order chi connectivity index (χ0) is 19.5. The van der Waals surface area contributed by atoms with E-state index in [2.05, 4.69) is 35.5 Å². The lowest BCUT2D eigenvalue weighted by Crippen LogP contribution is -2.37. The van der Waals surface area contributed by atoms with Gasteiger partial charge < -0.3 is 15.5 Å². The van der Waals surface area contributed by atoms with E-state index in [9.17, 15) is 4.79 Å². The first-order valence-electron chi connectivity index (χ1n) is 10.4. The van der Waals surface area contributed by atoms with Gasteiger partial charge in [-0.1, -0.05) is 38.8 Å². The summed E-state index contributed by atoms with van der Waals surface area (Å²) in [6, 6.07) is 7.94. The van der Waals surface area contributed by atoms with E-state index in [4.69, 9.17) is 0 Å². The van der Waals surface area contributed by atoms with Crippen molar-refractivity contribution in [3.8, 4) is 0 Å². The fourth-order valence-electron chi connectivity index (χ4n) is 3.38. The van der Waals surface area contributed by atoms with Crippen molar-refractivity contribution in [2.45, 2.75) is 58.9 Å². The van der Waals surface area contributed by atoms with Gasteiger partial charge in [-0.25, -0.2) is 0 Å². The summed E-state index contributed by atoms with van der Waals surface area (Å²) < 4.78 is 0. The van der Waals surface area contributed by atoms with Crippen LogP contribution in [0, 0.1) is 5.92 Å². The van der Waals surface area contributed by atoms with Crippen molar-refractivity contribution in [2.75, 3.05) is 26.7 Å². The molecule has 27 heavy (non-hydrogen) atoms. The number of unbranched alkanes of at least 4 members (excludes halogenated alkanes) is 1. The Hall–Kier alpha value is -2.04. The third-order valence-electron chi connectivity index (χ3n) is 5.00. The van der Waals surface area contributed by atoms with Crippen molar-refractivity contribution in [1.82, 2.24) is 15.5 Å². The fraction of sp³-hybridized carbons (Fsp3) is 0.636. The molecule has 1 aromatic rings. The first-order valence-corrected chi connectivity index (χ1v) is 10.4. The number of nitrogens with one attached hydrogen (secondary N) is 2. The minimum absolute atomic E-state index is 0.157. The van der Waals surface area contributed by atoms with Gasteiger partial charge in [-0.3, -0.25) is 9.79 Å². The summed E-state index contributed by atoms with van der Waals surface area (Å²) in [5.74, 6) is 1.74. The molecule has 1 heterocycles. The third kappa shape index (κ3) is 7.61. The van der Waals surface area contributed by atoms with Gasteiger partial charge in [-0.15, -0.1) is 0 Å². The Morgan fingerprint density at radius 1 is 1.15 bits per heavy atom. The molecular weight excluding hydrogens is 336 g/mol. The van der Waals surface area contributed by atoms with Crippen molar-refractivity contribution in [1.29, 1.82) is 0 Å². The molecule has 2 rings (SSSR count). The van der Waals surface area contributed by atoms with Crippen molar-refractivity contribution in [3.05, 3.63) is 35.4 Å². The summed E-state index contributed by atoms with van der Waals surface area (Å²) in [7, 11) is 1.79. The minimum atomic E-state index is 0.157. The molecule has 0 bridgehead atoms. The van der Waals surface area contributed by atoms with Crippen LogP contribution in [0.25, 0.3) is 0 Å². The van der Waals surface area contributed by atoms with Gasteiger partial charge in [-0.05, 0) is 49.3 Å². The number of hydrogen-bond donors (Lipinski definition) is 2. The summed E-state index contributed by atoms with van der Waals surface area (Å²) in [6.45, 7) is 7.88. The number of nitrogens with zero attached hydrogens (tertiary/aromatic N) is 2. The maximum Gasteiger partial charge on any atom is 0.253 e. The van der Waals surface area contributed by atoms with E-state index in [0.717, 1.165) is 61.9 Å². The SMILES string of the molecule is CN=C(NCCCCC(C)C)NCc1cccc(C(=O)N2CCCCC2)c1. The maximum atomic E-state index is 12.7. The molecule has 1 fully saturated rings. The lowest BCUT2D eigenvalue weighted by Gasteiger charge is -2.26. The number of likely N-dealkylation sites (tertiary alicyclic amines) is 1. The summed E-state index contributed by atoms with van der Waals surface area (Å²) >= 11 is 0. The fourth-order valence-corrected chi connectivity index (χ4v) is 3.38. The van der Waals surface area contributed by atoms with Gasteiger partial charge in [0.15, 0.2) is 5.96 Å². The molecule has 0 unspecified atom stereocenters. The molecule has 0 atom stereocenters. The highest BCUT2D eigenvalue weighted by Gasteiger charge is 2.18. The second kappa shape index (κ2) is 11.6. The van der Waals surface area contributed by atoms with E-state index in [1.54, 1.807) is 7.05 Å². The highest BCUT2D eigenvalue weighted by molar-refractivity contribution is 5.94. The molecule has 0 saturated carbocycles. The Morgan fingerprint density at radius 3 is 2.63 bits per heavy atom. The molecule has 1 saturated heterocycles. The van der Waals surface area contributed by atoms with Crippen LogP contribution >= 0.6 is 0 Å². The van der Waals surface area contributed by atoms with Crippen LogP contribution in [-0.4, -0.2) is 43.4 Å². The van der Waals surface area contributed by atoms with Crippen LogP contribution in [0.2, 0.25) is 0 Å². The van der Waals surface area contributed by atoms with Crippen molar-refractivity contribution < 1.29 is 4.79 Å². The number of rotatable bonds is 8. The zero-order valence-electron chi connectivity index (χ0n) is 17.3. The average molecular weight is 373 g/mol. The van der Waals surface area contributed by atoms with E-state index >= 15 is 0 Å². The van der Waals surface area contributed by atoms with Crippen LogP contribution in [0.3, 0.4) is 0 Å². The molecular formula is C22H36N4O. The average Bonchev–Trinajstić information content (AvgIpc) is 2.70. The van der Waals surface area contributed by atoms with E-state index in [1.807, 2.05) is 23.1 Å². The molecule has 0 aromatic heterocycles. The normalized spacial score (nSPS) is 15.1. The van der Waals surface area contributed by atoms with Crippen LogP contribution in [0.4, 0.5) is 0 Å². The number of carbonyl (C=O) groups is 1. The topological polar surface area (TPSA) is 56.7 Å². The van der Waals surface area contributed by atoms with Crippen molar-refractivity contribution in [2.24, 2.45) is 10.9 Å². The number of amides is 1. The summed E-state index contributed by atoms with van der Waals surface area (Å²) in [5, 5.41) is 6.71. The quantitative estimate of drug-likeness (QED) is 0.414. The van der Waals surface area contributed by atoms with Gasteiger partial charge in [0.25, 0.3) is 5.91 Å². The van der Waals surface area contributed by atoms with Crippen molar-refractivity contribution >= 4 is 11.9 Å². The molecule has 0 aliphatic carbocycles. The van der Waals surface area contributed by atoms with E-state index in [-0.39, 0.29) is 5.91 Å². The van der Waals surface area contributed by atoms with E-state index in [0.29, 0.717) is 6.54 Å². The Morgan fingerprint density at radius 2 is 1.93 bits per heavy atom. The van der Waals surface area contributed by atoms with Gasteiger partial charge in [0.2, 0.25) is 0 Å². The second-order valence-corrected chi connectivity index (χ2v) is 7.80. The predicted molar refractivity (Wildman–Crippen MR) is 113 cm³/mol. The van der Waals surface area contributed by atoms with E-state index < -0.39 is 0 Å². The Bertz CT molecular complexity index is 606. The standard InChI is InChI=1S/C22H36N4O/c1-18(2)10-5-6-13-24-22(23-3)25-17-19-11-9-12-20(16-19)21(27)26-14-7-4-8-15-26/h9,11-12,16,18H,4-8,10,13-15,17H2,1-3H3,(H2,23,24,25). The van der Waals surface area contributed by atoms with Crippen LogP contribution in [0.15, 0.2) is 29.3 Å². The summed E-state index contributed by atoms with van der Waals surface area (Å²) in [4.78, 5) is 18.9. The highest BCUT2D eigenvalue weighted by atomic mass is 16.2. The largest absolute Gasteiger partial charge is 0.356 e. The number of piperidine rings is 1. The Balaban J connectivity index is 1.79. The molecule has 5 heteroatoms. The van der Waals surface area contributed by atoms with Crippen LogP contribution in [0.1, 0.15) is 68.3 Å². The smallest absolute Gasteiger partial charge is 0.253 e. The molecule has 1 aliphatic heterocycles. The third-order valence-corrected chi connectivity index (χ3v) is 5.00. The predicted octanol–water partition coefficient (Wildman–Crippen LogP) is 3.80. The molecule has 0 radical (unpaired) electrons. The monoisotopic (exact) mass is 372 g/mol. The Labute approximate surface area is 164 Å². The Kier molecular flexibility index (Phi) is 9.16. The van der Waals surface area contributed by atoms with Gasteiger partial charge in [0.1, 0.15) is 0 Å². The first-order chi connectivity index (χ1) is 13.1. The van der Waals surface area contributed by atoms with Gasteiger partial charge in [0.05, 0.1) is 0 Å². The molecule has 1 amide bonds. The maximum absolute atomic E-state index is 12.7. The first kappa shape index (κ1) is 21.3. The summed E-state index contributed by atoms with van der Waals surface area (Å²) in [6.07, 6.45) is 7.13. The number of benzene rings is 1. The molecule has 1 aliphatic rings. The van der Waals surface area contributed by atoms with Crippen LogP contribution < -0.4 is 10.6 Å². The molecule has 150 valence electrons. The summed E-state index contributed by atoms with van der Waals surface area (Å²) in [5.41, 5.74) is 1.88. The van der Waals surface area contributed by atoms with Crippen LogP contribution in [-0.2, 0) is 6.54 Å². The van der Waals surface area contributed by atoms with Gasteiger partial charge in [0, 0.05) is 38.8 Å². The van der Waals surface area contributed by atoms with Gasteiger partial charge >= 0.3 is 0 Å². The van der Waals surface area contributed by atoms with Crippen LogP contribution in [0.5, 0.6) is 0 Å².